The number of methoxy groups -OCH3 is 1. The van der Waals surface area contributed by atoms with Gasteiger partial charge in [0.25, 0.3) is 0 Å². The summed E-state index contributed by atoms with van der Waals surface area (Å²) in [6.45, 7) is 3.12. The number of hydrogen-bond donors (Lipinski definition) is 1. The first-order valence-corrected chi connectivity index (χ1v) is 11.0. The van der Waals surface area contributed by atoms with E-state index in [1.54, 1.807) is 7.11 Å². The van der Waals surface area contributed by atoms with Crippen molar-refractivity contribution in [3.8, 4) is 0 Å². The van der Waals surface area contributed by atoms with Crippen LogP contribution in [-0.4, -0.2) is 25.4 Å². The molecule has 0 saturated heterocycles. The summed E-state index contributed by atoms with van der Waals surface area (Å²) in [5.74, 6) is 4.29. The third-order valence-corrected chi connectivity index (χ3v) is 7.07. The van der Waals surface area contributed by atoms with Crippen LogP contribution in [0.5, 0.6) is 0 Å². The van der Waals surface area contributed by atoms with Gasteiger partial charge in [0.2, 0.25) is 0 Å². The molecule has 1 unspecified atom stereocenters. The molecule has 2 rings (SSSR count). The number of aliphatic hydroxyl groups is 1. The molecule has 1 N–H and O–H groups in total. The molecule has 1 atom stereocenters. The number of hydrogen-bond acceptors (Lipinski definition) is 2. The van der Waals surface area contributed by atoms with Crippen molar-refractivity contribution in [3.05, 3.63) is 12.2 Å². The average molecular weight is 351 g/mol. The van der Waals surface area contributed by atoms with Crippen LogP contribution in [0.2, 0.25) is 0 Å². The predicted octanol–water partition coefficient (Wildman–Crippen LogP) is 5.99. The summed E-state index contributed by atoms with van der Waals surface area (Å²) in [6.07, 6.45) is 21.4. The minimum atomic E-state index is 0.278. The summed E-state index contributed by atoms with van der Waals surface area (Å²) < 4.78 is 5.21. The third kappa shape index (κ3) is 7.43. The molecule has 2 aliphatic carbocycles. The summed E-state index contributed by atoms with van der Waals surface area (Å²) in [4.78, 5) is 0. The van der Waals surface area contributed by atoms with E-state index in [1.807, 2.05) is 0 Å². The van der Waals surface area contributed by atoms with Crippen LogP contribution < -0.4 is 0 Å². The second kappa shape index (κ2) is 12.1. The molecule has 0 radical (unpaired) electrons. The van der Waals surface area contributed by atoms with Gasteiger partial charge in [0.05, 0.1) is 6.61 Å². The number of allylic oxidation sites excluding steroid dienone is 2. The van der Waals surface area contributed by atoms with Crippen LogP contribution in [-0.2, 0) is 4.74 Å². The van der Waals surface area contributed by atoms with E-state index in [-0.39, 0.29) is 6.61 Å². The largest absolute Gasteiger partial charge is 0.396 e. The average Bonchev–Trinajstić information content (AvgIpc) is 2.66. The highest BCUT2D eigenvalue weighted by atomic mass is 16.5. The standard InChI is InChI=1S/C23H42O2/c1-3-4-5-6-19-9-13-22(14-10-19)23-15-11-20(12-16-23)7-8-21(17-24)18-25-2/h3-4,19-24H,5-18H2,1-2H3/b4-3+. The SMILES string of the molecule is C/C=C/CCC1CCC(C2CCC(CCC(CO)COC)CC2)CC1. The first-order chi connectivity index (χ1) is 12.3. The minimum absolute atomic E-state index is 0.278. The lowest BCUT2D eigenvalue weighted by Gasteiger charge is -2.38. The van der Waals surface area contributed by atoms with Gasteiger partial charge >= 0.3 is 0 Å². The van der Waals surface area contributed by atoms with E-state index >= 15 is 0 Å². The van der Waals surface area contributed by atoms with Crippen molar-refractivity contribution < 1.29 is 9.84 Å². The molecule has 0 aromatic rings. The van der Waals surface area contributed by atoms with Crippen molar-refractivity contribution in [1.29, 1.82) is 0 Å². The lowest BCUT2D eigenvalue weighted by molar-refractivity contribution is 0.0944. The number of ether oxygens (including phenoxy) is 1. The Bertz CT molecular complexity index is 349. The van der Waals surface area contributed by atoms with Gasteiger partial charge in [-0.25, -0.2) is 0 Å². The summed E-state index contributed by atoms with van der Waals surface area (Å²) in [5, 5.41) is 9.40. The molecule has 2 heteroatoms. The molecule has 0 bridgehead atoms. The van der Waals surface area contributed by atoms with Crippen LogP contribution in [0, 0.1) is 29.6 Å². The first kappa shape index (κ1) is 21.0. The molecule has 2 aliphatic rings. The third-order valence-electron chi connectivity index (χ3n) is 7.07. The molecule has 146 valence electrons. The topological polar surface area (TPSA) is 29.5 Å². The lowest BCUT2D eigenvalue weighted by Crippen LogP contribution is -2.26. The maximum absolute atomic E-state index is 9.40. The Kier molecular flexibility index (Phi) is 10.2. The van der Waals surface area contributed by atoms with Crippen molar-refractivity contribution in [2.75, 3.05) is 20.3 Å². The maximum atomic E-state index is 9.40. The quantitative estimate of drug-likeness (QED) is 0.490. The molecule has 0 heterocycles. The Labute approximate surface area is 156 Å². The highest BCUT2D eigenvalue weighted by Gasteiger charge is 2.30. The Morgan fingerprint density at radius 3 is 1.96 bits per heavy atom. The van der Waals surface area contributed by atoms with Crippen LogP contribution in [0.15, 0.2) is 12.2 Å². The van der Waals surface area contributed by atoms with Crippen LogP contribution >= 0.6 is 0 Å². The van der Waals surface area contributed by atoms with Crippen LogP contribution in [0.3, 0.4) is 0 Å². The smallest absolute Gasteiger partial charge is 0.0512 e. The van der Waals surface area contributed by atoms with Crippen LogP contribution in [0.25, 0.3) is 0 Å². The molecule has 0 aromatic heterocycles. The molecule has 0 aliphatic heterocycles. The van der Waals surface area contributed by atoms with E-state index < -0.39 is 0 Å². The fourth-order valence-corrected chi connectivity index (χ4v) is 5.33. The molecular formula is C23H42O2. The predicted molar refractivity (Wildman–Crippen MR) is 107 cm³/mol. The fourth-order valence-electron chi connectivity index (χ4n) is 5.33. The lowest BCUT2D eigenvalue weighted by atomic mass is 9.68. The molecule has 0 aromatic carbocycles. The van der Waals surface area contributed by atoms with E-state index in [0.717, 1.165) is 30.1 Å². The Morgan fingerprint density at radius 1 is 0.920 bits per heavy atom. The second-order valence-electron chi connectivity index (χ2n) is 8.79. The molecule has 2 fully saturated rings. The van der Waals surface area contributed by atoms with E-state index in [1.165, 1.54) is 70.6 Å². The highest BCUT2D eigenvalue weighted by molar-refractivity contribution is 4.84. The zero-order chi connectivity index (χ0) is 17.9. The van der Waals surface area contributed by atoms with Gasteiger partial charge in [0.1, 0.15) is 0 Å². The van der Waals surface area contributed by atoms with Crippen molar-refractivity contribution in [3.63, 3.8) is 0 Å². The van der Waals surface area contributed by atoms with Gasteiger partial charge in [-0.1, -0.05) is 44.3 Å². The van der Waals surface area contributed by atoms with Gasteiger partial charge in [0, 0.05) is 19.6 Å². The van der Waals surface area contributed by atoms with Crippen molar-refractivity contribution in [2.24, 2.45) is 29.6 Å². The Hall–Kier alpha value is -0.340. The van der Waals surface area contributed by atoms with Crippen LogP contribution in [0.4, 0.5) is 0 Å². The van der Waals surface area contributed by atoms with Gasteiger partial charge in [-0.05, 0) is 75.5 Å². The Morgan fingerprint density at radius 2 is 1.48 bits per heavy atom. The molecule has 0 amide bonds. The summed E-state index contributed by atoms with van der Waals surface area (Å²) in [5.41, 5.74) is 0. The minimum Gasteiger partial charge on any atom is -0.396 e. The van der Waals surface area contributed by atoms with Crippen LogP contribution in [0.1, 0.15) is 84.0 Å². The Balaban J connectivity index is 1.61. The van der Waals surface area contributed by atoms with E-state index in [4.69, 9.17) is 4.74 Å². The fraction of sp³-hybridized carbons (Fsp3) is 0.913. The molecule has 2 nitrogen and oxygen atoms in total. The zero-order valence-electron chi connectivity index (χ0n) is 16.8. The first-order valence-electron chi connectivity index (χ1n) is 11.0. The van der Waals surface area contributed by atoms with Crippen molar-refractivity contribution in [2.45, 2.75) is 84.0 Å². The summed E-state index contributed by atoms with van der Waals surface area (Å²) >= 11 is 0. The maximum Gasteiger partial charge on any atom is 0.0512 e. The summed E-state index contributed by atoms with van der Waals surface area (Å²) in [7, 11) is 1.74. The monoisotopic (exact) mass is 350 g/mol. The van der Waals surface area contributed by atoms with E-state index in [0.29, 0.717) is 12.5 Å². The second-order valence-corrected chi connectivity index (χ2v) is 8.79. The number of rotatable bonds is 10. The van der Waals surface area contributed by atoms with Crippen molar-refractivity contribution in [1.82, 2.24) is 0 Å². The molecular weight excluding hydrogens is 308 g/mol. The number of aliphatic hydroxyl groups excluding tert-OH is 1. The van der Waals surface area contributed by atoms with Gasteiger partial charge < -0.3 is 9.84 Å². The molecule has 25 heavy (non-hydrogen) atoms. The van der Waals surface area contributed by atoms with Gasteiger partial charge in [0.15, 0.2) is 0 Å². The zero-order valence-corrected chi connectivity index (χ0v) is 16.8. The van der Waals surface area contributed by atoms with Crippen molar-refractivity contribution >= 4 is 0 Å². The summed E-state index contributed by atoms with van der Waals surface area (Å²) in [6, 6.07) is 0. The highest BCUT2D eigenvalue weighted by Crippen LogP contribution is 2.43. The van der Waals surface area contributed by atoms with Gasteiger partial charge in [-0.15, -0.1) is 0 Å². The van der Waals surface area contributed by atoms with E-state index in [9.17, 15) is 5.11 Å². The van der Waals surface area contributed by atoms with Gasteiger partial charge in [-0.2, -0.15) is 0 Å². The molecule has 0 spiro atoms. The normalized spacial score (nSPS) is 32.1. The van der Waals surface area contributed by atoms with E-state index in [2.05, 4.69) is 19.1 Å². The van der Waals surface area contributed by atoms with Gasteiger partial charge in [-0.3, -0.25) is 0 Å². The molecule has 2 saturated carbocycles.